The molecule has 0 atom stereocenters. The number of hydrogen-bond donors (Lipinski definition) is 0. The van der Waals surface area contributed by atoms with Crippen LogP contribution in [0.4, 0.5) is 0 Å². The van der Waals surface area contributed by atoms with Crippen molar-refractivity contribution in [2.45, 2.75) is 27.2 Å². The maximum atomic E-state index is 12.9. The Bertz CT molecular complexity index is 1760. The molecule has 1 heterocycles. The van der Waals surface area contributed by atoms with E-state index in [4.69, 9.17) is 23.9 Å². The SMILES string of the molecule is COc1ccc(/C=C/C(=O)c2cc(C)c(C)c(OC)c2)cc1OCCCOc1cc(-c2nc3ccccc3s2)ccc1C. The van der Waals surface area contributed by atoms with Crippen LogP contribution >= 0.6 is 11.3 Å². The van der Waals surface area contributed by atoms with Gasteiger partial charge in [-0.2, -0.15) is 0 Å². The number of carbonyl (C=O) groups is 1. The summed E-state index contributed by atoms with van der Waals surface area (Å²) in [6.45, 7) is 6.94. The third-order valence-corrected chi connectivity index (χ3v) is 8.36. The first-order valence-corrected chi connectivity index (χ1v) is 15.0. The summed E-state index contributed by atoms with van der Waals surface area (Å²) < 4.78 is 24.3. The van der Waals surface area contributed by atoms with Crippen LogP contribution in [0.25, 0.3) is 26.9 Å². The number of para-hydroxylation sites is 1. The van der Waals surface area contributed by atoms with E-state index in [2.05, 4.69) is 24.3 Å². The predicted molar refractivity (Wildman–Crippen MR) is 174 cm³/mol. The minimum absolute atomic E-state index is 0.0978. The summed E-state index contributed by atoms with van der Waals surface area (Å²) in [5.41, 5.74) is 6.57. The molecule has 5 rings (SSSR count). The van der Waals surface area contributed by atoms with Crippen LogP contribution < -0.4 is 18.9 Å². The van der Waals surface area contributed by atoms with Crippen molar-refractivity contribution in [1.29, 1.82) is 0 Å². The molecule has 0 bridgehead atoms. The number of benzene rings is 4. The van der Waals surface area contributed by atoms with E-state index in [1.54, 1.807) is 43.8 Å². The Balaban J connectivity index is 1.18. The second kappa shape index (κ2) is 13.6. The summed E-state index contributed by atoms with van der Waals surface area (Å²) in [5.74, 6) is 2.69. The van der Waals surface area contributed by atoms with E-state index >= 15 is 0 Å². The number of thiazole rings is 1. The predicted octanol–water partition coefficient (Wildman–Crippen LogP) is 8.65. The summed E-state index contributed by atoms with van der Waals surface area (Å²) in [6.07, 6.45) is 4.02. The summed E-state index contributed by atoms with van der Waals surface area (Å²) in [4.78, 5) is 17.6. The van der Waals surface area contributed by atoms with Crippen LogP contribution in [-0.4, -0.2) is 38.2 Å². The quantitative estimate of drug-likeness (QED) is 0.0819. The molecule has 0 spiro atoms. The van der Waals surface area contributed by atoms with Crippen molar-refractivity contribution in [2.24, 2.45) is 0 Å². The van der Waals surface area contributed by atoms with Crippen LogP contribution in [-0.2, 0) is 0 Å². The molecule has 0 saturated heterocycles. The molecule has 43 heavy (non-hydrogen) atoms. The molecule has 0 aliphatic rings. The fourth-order valence-corrected chi connectivity index (χ4v) is 5.63. The molecule has 5 aromatic rings. The van der Waals surface area contributed by atoms with E-state index in [1.807, 2.05) is 63.2 Å². The lowest BCUT2D eigenvalue weighted by Crippen LogP contribution is -2.06. The van der Waals surface area contributed by atoms with Gasteiger partial charge in [0.05, 0.1) is 37.6 Å². The first-order chi connectivity index (χ1) is 20.9. The number of hydrogen-bond acceptors (Lipinski definition) is 7. The molecule has 6 nitrogen and oxygen atoms in total. The molecule has 0 saturated carbocycles. The van der Waals surface area contributed by atoms with Gasteiger partial charge in [-0.3, -0.25) is 4.79 Å². The molecule has 220 valence electrons. The molecule has 0 N–H and O–H groups in total. The van der Waals surface area contributed by atoms with E-state index in [1.165, 1.54) is 4.70 Å². The van der Waals surface area contributed by atoms with Crippen molar-refractivity contribution in [1.82, 2.24) is 4.98 Å². The topological polar surface area (TPSA) is 66.9 Å². The Hall–Kier alpha value is -4.62. The van der Waals surface area contributed by atoms with Gasteiger partial charge < -0.3 is 18.9 Å². The summed E-state index contributed by atoms with van der Waals surface area (Å²) >= 11 is 1.68. The molecule has 0 amide bonds. The number of fused-ring (bicyclic) bond motifs is 1. The van der Waals surface area contributed by atoms with Crippen molar-refractivity contribution >= 4 is 33.4 Å². The second-order valence-electron chi connectivity index (χ2n) is 10.2. The third-order valence-electron chi connectivity index (χ3n) is 7.27. The summed E-state index contributed by atoms with van der Waals surface area (Å²) in [5, 5.41) is 0.978. The van der Waals surface area contributed by atoms with Crippen LogP contribution in [0, 0.1) is 20.8 Å². The van der Waals surface area contributed by atoms with Crippen LogP contribution in [0.5, 0.6) is 23.0 Å². The highest BCUT2D eigenvalue weighted by molar-refractivity contribution is 7.21. The normalized spacial score (nSPS) is 11.2. The number of ketones is 1. The number of aromatic nitrogens is 1. The largest absolute Gasteiger partial charge is 0.496 e. The Labute approximate surface area is 256 Å². The van der Waals surface area contributed by atoms with Crippen LogP contribution in [0.15, 0.2) is 78.9 Å². The fourth-order valence-electron chi connectivity index (χ4n) is 4.67. The number of ether oxygens (including phenoxy) is 4. The van der Waals surface area contributed by atoms with Gasteiger partial charge in [-0.1, -0.05) is 36.4 Å². The van der Waals surface area contributed by atoms with Gasteiger partial charge >= 0.3 is 0 Å². The molecule has 7 heteroatoms. The molecule has 1 aromatic heterocycles. The van der Waals surface area contributed by atoms with Gasteiger partial charge in [-0.15, -0.1) is 11.3 Å². The zero-order chi connectivity index (χ0) is 30.3. The Morgan fingerprint density at radius 3 is 2.33 bits per heavy atom. The average Bonchev–Trinajstić information content (AvgIpc) is 3.46. The minimum atomic E-state index is -0.0978. The monoisotopic (exact) mass is 593 g/mol. The lowest BCUT2D eigenvalue weighted by Gasteiger charge is -2.13. The molecule has 0 radical (unpaired) electrons. The fraction of sp³-hybridized carbons (Fsp3) is 0.222. The van der Waals surface area contributed by atoms with Gasteiger partial charge in [0.1, 0.15) is 16.5 Å². The van der Waals surface area contributed by atoms with Gasteiger partial charge in [-0.05, 0) is 91.6 Å². The van der Waals surface area contributed by atoms with E-state index in [-0.39, 0.29) is 5.78 Å². The Morgan fingerprint density at radius 1 is 0.791 bits per heavy atom. The van der Waals surface area contributed by atoms with Gasteiger partial charge in [0.25, 0.3) is 0 Å². The van der Waals surface area contributed by atoms with Crippen molar-refractivity contribution in [2.75, 3.05) is 27.4 Å². The molecule has 0 unspecified atom stereocenters. The van der Waals surface area contributed by atoms with Crippen LogP contribution in [0.1, 0.15) is 39.0 Å². The lowest BCUT2D eigenvalue weighted by molar-refractivity contribution is 0.104. The lowest BCUT2D eigenvalue weighted by atomic mass is 10.0. The third kappa shape index (κ3) is 7.07. The van der Waals surface area contributed by atoms with Crippen molar-refractivity contribution in [3.8, 4) is 33.6 Å². The van der Waals surface area contributed by atoms with Gasteiger partial charge in [0.2, 0.25) is 0 Å². The van der Waals surface area contributed by atoms with Gasteiger partial charge in [0, 0.05) is 17.5 Å². The number of carbonyl (C=O) groups excluding carboxylic acids is 1. The van der Waals surface area contributed by atoms with E-state index in [0.29, 0.717) is 42.4 Å². The molecular formula is C36H35NO5S. The molecule has 0 aliphatic carbocycles. The first kappa shape index (κ1) is 29.9. The highest BCUT2D eigenvalue weighted by atomic mass is 32.1. The number of methoxy groups -OCH3 is 2. The number of nitrogens with zero attached hydrogens (tertiary/aromatic N) is 1. The first-order valence-electron chi connectivity index (χ1n) is 14.1. The Kier molecular flexibility index (Phi) is 9.42. The van der Waals surface area contributed by atoms with Crippen LogP contribution in [0.2, 0.25) is 0 Å². The number of rotatable bonds is 12. The zero-order valence-corrected chi connectivity index (χ0v) is 25.9. The van der Waals surface area contributed by atoms with Gasteiger partial charge in [-0.25, -0.2) is 4.98 Å². The van der Waals surface area contributed by atoms with E-state index in [9.17, 15) is 4.79 Å². The van der Waals surface area contributed by atoms with Crippen molar-refractivity contribution in [3.05, 3.63) is 107 Å². The Morgan fingerprint density at radius 2 is 1.56 bits per heavy atom. The summed E-state index contributed by atoms with van der Waals surface area (Å²) in [6, 6.07) is 23.6. The molecule has 0 aliphatic heterocycles. The van der Waals surface area contributed by atoms with Crippen molar-refractivity contribution < 1.29 is 23.7 Å². The number of aryl methyl sites for hydroxylation is 2. The van der Waals surface area contributed by atoms with E-state index < -0.39 is 0 Å². The van der Waals surface area contributed by atoms with Gasteiger partial charge in [0.15, 0.2) is 17.3 Å². The average molecular weight is 594 g/mol. The van der Waals surface area contributed by atoms with Crippen LogP contribution in [0.3, 0.4) is 0 Å². The maximum absolute atomic E-state index is 12.9. The highest BCUT2D eigenvalue weighted by Crippen LogP contribution is 2.33. The summed E-state index contributed by atoms with van der Waals surface area (Å²) in [7, 11) is 3.22. The highest BCUT2D eigenvalue weighted by Gasteiger charge is 2.11. The second-order valence-corrected chi connectivity index (χ2v) is 11.3. The maximum Gasteiger partial charge on any atom is 0.185 e. The zero-order valence-electron chi connectivity index (χ0n) is 25.1. The smallest absolute Gasteiger partial charge is 0.185 e. The molecule has 4 aromatic carbocycles. The number of allylic oxidation sites excluding steroid dienone is 1. The molecular weight excluding hydrogens is 558 g/mol. The van der Waals surface area contributed by atoms with E-state index in [0.717, 1.165) is 44.1 Å². The standard InChI is InChI=1S/C36H35NO5S/c1-23-11-14-27(36-37-29-9-6-7-10-35(29)43-36)21-32(23)41-17-8-18-42-34-20-26(13-16-31(34)39-4)12-15-30(38)28-19-24(2)25(3)33(22-28)40-5/h6-7,9-16,19-22H,8,17-18H2,1-5H3/b15-12+. The molecule has 0 fully saturated rings. The van der Waals surface area contributed by atoms with Crippen molar-refractivity contribution in [3.63, 3.8) is 0 Å². The minimum Gasteiger partial charge on any atom is -0.496 e.